The van der Waals surface area contributed by atoms with Gasteiger partial charge in [0.1, 0.15) is 5.75 Å². The number of benzene rings is 2. The second kappa shape index (κ2) is 6.33. The first-order valence-corrected chi connectivity index (χ1v) is 7.96. The van der Waals surface area contributed by atoms with E-state index in [2.05, 4.69) is 20.5 Å². The highest BCUT2D eigenvalue weighted by Crippen LogP contribution is 2.29. The molecule has 0 aliphatic carbocycles. The van der Waals surface area contributed by atoms with Gasteiger partial charge in [-0.1, -0.05) is 23.7 Å². The molecule has 0 aliphatic heterocycles. The molecule has 0 saturated heterocycles. The van der Waals surface area contributed by atoms with Crippen molar-refractivity contribution in [3.05, 3.63) is 72.3 Å². The van der Waals surface area contributed by atoms with E-state index in [9.17, 15) is 5.11 Å². The van der Waals surface area contributed by atoms with Gasteiger partial charge in [-0.2, -0.15) is 5.10 Å². The maximum absolute atomic E-state index is 9.41. The number of anilines is 2. The molecule has 0 saturated carbocycles. The summed E-state index contributed by atoms with van der Waals surface area (Å²) in [5, 5.41) is 20.2. The van der Waals surface area contributed by atoms with Gasteiger partial charge in [0.25, 0.3) is 0 Å². The number of hydrogen-bond acceptors (Lipinski definition) is 4. The van der Waals surface area contributed by atoms with Gasteiger partial charge in [0.2, 0.25) is 0 Å². The topological polar surface area (TPSA) is 78.8 Å². The Morgan fingerprint density at radius 1 is 1.08 bits per heavy atom. The van der Waals surface area contributed by atoms with E-state index in [1.165, 1.54) is 6.07 Å². The summed E-state index contributed by atoms with van der Waals surface area (Å²) in [7, 11) is 0. The average Bonchev–Trinajstić information content (AvgIpc) is 3.30. The highest BCUT2D eigenvalue weighted by Gasteiger charge is 2.07. The van der Waals surface area contributed by atoms with Crippen LogP contribution >= 0.6 is 11.6 Å². The summed E-state index contributed by atoms with van der Waals surface area (Å²) in [6, 6.07) is 14.7. The lowest BCUT2D eigenvalue weighted by Gasteiger charge is -2.05. The zero-order chi connectivity index (χ0) is 17.2. The predicted molar refractivity (Wildman–Crippen MR) is 97.5 cm³/mol. The van der Waals surface area contributed by atoms with Crippen molar-refractivity contribution in [2.45, 2.75) is 0 Å². The van der Waals surface area contributed by atoms with Crippen molar-refractivity contribution in [1.29, 1.82) is 0 Å². The van der Waals surface area contributed by atoms with Crippen LogP contribution in [-0.4, -0.2) is 24.9 Å². The number of nitrogens with one attached hydrogen (secondary N) is 2. The monoisotopic (exact) mass is 351 g/mol. The van der Waals surface area contributed by atoms with Gasteiger partial charge in [-0.3, -0.25) is 5.10 Å². The lowest BCUT2D eigenvalue weighted by atomic mass is 10.1. The lowest BCUT2D eigenvalue weighted by Crippen LogP contribution is -1.90. The fourth-order valence-electron chi connectivity index (χ4n) is 2.50. The molecule has 0 atom stereocenters. The van der Waals surface area contributed by atoms with Gasteiger partial charge >= 0.3 is 0 Å². The Morgan fingerprint density at radius 3 is 2.64 bits per heavy atom. The van der Waals surface area contributed by atoms with E-state index in [1.54, 1.807) is 24.7 Å². The zero-order valence-electron chi connectivity index (χ0n) is 13.0. The summed E-state index contributed by atoms with van der Waals surface area (Å²) >= 11 is 6.10. The van der Waals surface area contributed by atoms with Crippen LogP contribution in [0.5, 0.6) is 5.75 Å². The first-order chi connectivity index (χ1) is 12.2. The molecule has 4 rings (SSSR count). The summed E-state index contributed by atoms with van der Waals surface area (Å²) < 4.78 is 1.94. The van der Waals surface area contributed by atoms with Crippen molar-refractivity contribution in [2.24, 2.45) is 0 Å². The number of aromatic amines is 1. The highest BCUT2D eigenvalue weighted by molar-refractivity contribution is 6.33. The van der Waals surface area contributed by atoms with E-state index < -0.39 is 0 Å². The molecule has 6 nitrogen and oxygen atoms in total. The number of H-pyrrole nitrogens is 1. The first kappa shape index (κ1) is 15.3. The third kappa shape index (κ3) is 3.20. The van der Waals surface area contributed by atoms with Crippen molar-refractivity contribution < 1.29 is 5.11 Å². The van der Waals surface area contributed by atoms with Crippen molar-refractivity contribution in [2.75, 3.05) is 5.32 Å². The van der Waals surface area contributed by atoms with Crippen molar-refractivity contribution >= 4 is 23.1 Å². The van der Waals surface area contributed by atoms with Crippen LogP contribution in [0, 0.1) is 0 Å². The third-order valence-corrected chi connectivity index (χ3v) is 4.09. The number of aromatic hydroxyl groups is 1. The van der Waals surface area contributed by atoms with Gasteiger partial charge in [0.05, 0.1) is 22.7 Å². The minimum Gasteiger partial charge on any atom is -0.508 e. The molecule has 0 spiro atoms. The molecular formula is C18H14ClN5O. The van der Waals surface area contributed by atoms with Crippen LogP contribution in [0.15, 0.2) is 67.3 Å². The molecule has 2 aromatic heterocycles. The van der Waals surface area contributed by atoms with E-state index in [4.69, 9.17) is 11.6 Å². The number of nitrogens with zero attached hydrogens (tertiary/aromatic N) is 3. The second-order valence-corrected chi connectivity index (χ2v) is 5.88. The normalized spacial score (nSPS) is 10.8. The number of halogens is 1. The van der Waals surface area contributed by atoms with Crippen LogP contribution in [0.25, 0.3) is 16.9 Å². The van der Waals surface area contributed by atoms with Crippen molar-refractivity contribution in [3.63, 3.8) is 0 Å². The highest BCUT2D eigenvalue weighted by atomic mass is 35.5. The fraction of sp³-hybridized carbons (Fsp3) is 0. The Balaban J connectivity index is 1.54. The standard InChI is InChI=1S/C18H14ClN5O/c19-15-9-14(25)5-6-16(15)21-18-10-17(22-23-18)12-1-3-13(4-2-12)24-8-7-20-11-24/h1-11,25H,(H2,21,22,23). The van der Waals surface area contributed by atoms with Crippen LogP contribution in [0.4, 0.5) is 11.5 Å². The van der Waals surface area contributed by atoms with E-state index in [-0.39, 0.29) is 5.75 Å². The molecule has 25 heavy (non-hydrogen) atoms. The summed E-state index contributed by atoms with van der Waals surface area (Å²) in [5.41, 5.74) is 3.61. The van der Waals surface area contributed by atoms with Crippen LogP contribution in [0.3, 0.4) is 0 Å². The van der Waals surface area contributed by atoms with Gasteiger partial charge < -0.3 is 15.0 Å². The largest absolute Gasteiger partial charge is 0.508 e. The number of aromatic nitrogens is 4. The van der Waals surface area contributed by atoms with Crippen LogP contribution in [0.1, 0.15) is 0 Å². The van der Waals surface area contributed by atoms with Crippen molar-refractivity contribution in [1.82, 2.24) is 19.7 Å². The Hall–Kier alpha value is -3.25. The van der Waals surface area contributed by atoms with Gasteiger partial charge in [0.15, 0.2) is 5.82 Å². The molecule has 0 bridgehead atoms. The number of phenolic OH excluding ortho intramolecular Hbond substituents is 1. The molecule has 0 unspecified atom stereocenters. The van der Waals surface area contributed by atoms with Crippen LogP contribution in [0.2, 0.25) is 5.02 Å². The number of rotatable bonds is 4. The lowest BCUT2D eigenvalue weighted by molar-refractivity contribution is 0.475. The van der Waals surface area contributed by atoms with Crippen molar-refractivity contribution in [3.8, 4) is 22.7 Å². The molecule has 2 heterocycles. The molecule has 0 amide bonds. The smallest absolute Gasteiger partial charge is 0.152 e. The molecule has 124 valence electrons. The summed E-state index contributed by atoms with van der Waals surface area (Å²) in [5.74, 6) is 0.762. The Morgan fingerprint density at radius 2 is 1.92 bits per heavy atom. The first-order valence-electron chi connectivity index (χ1n) is 7.59. The van der Waals surface area contributed by atoms with Crippen LogP contribution in [-0.2, 0) is 0 Å². The minimum atomic E-state index is 0.122. The molecular weight excluding hydrogens is 338 g/mol. The molecule has 4 aromatic rings. The Bertz CT molecular complexity index is 993. The van der Waals surface area contributed by atoms with E-state index in [0.29, 0.717) is 16.5 Å². The summed E-state index contributed by atoms with van der Waals surface area (Å²) in [4.78, 5) is 4.05. The maximum atomic E-state index is 9.41. The Labute approximate surface area is 148 Å². The molecule has 0 aliphatic rings. The SMILES string of the molecule is Oc1ccc(Nc2cc(-c3ccc(-n4ccnc4)cc3)[nH]n2)c(Cl)c1. The van der Waals surface area contributed by atoms with Gasteiger partial charge in [-0.15, -0.1) is 0 Å². The predicted octanol–water partition coefficient (Wildman–Crippen LogP) is 4.37. The molecule has 0 fully saturated rings. The minimum absolute atomic E-state index is 0.122. The summed E-state index contributed by atoms with van der Waals surface area (Å²) in [6.07, 6.45) is 5.40. The summed E-state index contributed by atoms with van der Waals surface area (Å²) in [6.45, 7) is 0. The number of imidazole rings is 1. The molecule has 2 aromatic carbocycles. The average molecular weight is 352 g/mol. The molecule has 7 heteroatoms. The number of phenols is 1. The van der Waals surface area contributed by atoms with E-state index in [1.807, 2.05) is 41.1 Å². The quantitative estimate of drug-likeness (QED) is 0.477. The second-order valence-electron chi connectivity index (χ2n) is 5.47. The van der Waals surface area contributed by atoms with E-state index in [0.717, 1.165) is 16.9 Å². The molecule has 3 N–H and O–H groups in total. The molecule has 0 radical (unpaired) electrons. The maximum Gasteiger partial charge on any atom is 0.152 e. The van der Waals surface area contributed by atoms with Gasteiger partial charge in [-0.05, 0) is 29.8 Å². The fourth-order valence-corrected chi connectivity index (χ4v) is 2.72. The number of hydrogen-bond donors (Lipinski definition) is 3. The third-order valence-electron chi connectivity index (χ3n) is 3.77. The zero-order valence-corrected chi connectivity index (χ0v) is 13.8. The van der Waals surface area contributed by atoms with E-state index >= 15 is 0 Å². The van der Waals surface area contributed by atoms with Gasteiger partial charge in [0, 0.05) is 30.2 Å². The van der Waals surface area contributed by atoms with Gasteiger partial charge in [-0.25, -0.2) is 4.98 Å². The Kier molecular flexibility index (Phi) is 3.87. The van der Waals surface area contributed by atoms with Crippen LogP contribution < -0.4 is 5.32 Å².